The maximum absolute atomic E-state index is 12.4. The maximum Gasteiger partial charge on any atom is 0.157 e. The molecule has 6 aromatic rings. The van der Waals surface area contributed by atoms with Gasteiger partial charge in [0.15, 0.2) is 11.5 Å². The van der Waals surface area contributed by atoms with E-state index in [0.717, 1.165) is 201 Å². The molecule has 7 heteroatoms. The number of hydrogen-bond acceptors (Lipinski definition) is 7. The first-order valence-electron chi connectivity index (χ1n) is 27.9. The number of phenolic OH excluding ortho intramolecular Hbond substituents is 7. The average molecular weight is 983 g/mol. The van der Waals surface area contributed by atoms with Gasteiger partial charge in [0.25, 0.3) is 0 Å². The van der Waals surface area contributed by atoms with Crippen molar-refractivity contribution in [2.45, 2.75) is 191 Å². The molecule has 0 aromatic heterocycles. The van der Waals surface area contributed by atoms with Crippen LogP contribution in [0.1, 0.15) is 230 Å². The minimum absolute atomic E-state index is 0.0856. The molecule has 0 unspecified atom stereocenters. The predicted molar refractivity (Wildman–Crippen MR) is 292 cm³/mol. The molecule has 0 bridgehead atoms. The van der Waals surface area contributed by atoms with Crippen LogP contribution in [0, 0.1) is 27.7 Å². The van der Waals surface area contributed by atoms with Gasteiger partial charge in [-0.2, -0.15) is 0 Å². The minimum atomic E-state index is -1.46. The number of hydrogen-bond donors (Lipinski definition) is 7. The van der Waals surface area contributed by atoms with Crippen molar-refractivity contribution < 1.29 is 35.7 Å². The van der Waals surface area contributed by atoms with Crippen molar-refractivity contribution in [1.82, 2.24) is 0 Å². The van der Waals surface area contributed by atoms with Crippen LogP contribution in [0.25, 0.3) is 0 Å². The van der Waals surface area contributed by atoms with E-state index in [4.69, 9.17) is 0 Å². The average Bonchev–Trinajstić information content (AvgIpc) is 3.39. The van der Waals surface area contributed by atoms with Crippen LogP contribution < -0.4 is 0 Å². The van der Waals surface area contributed by atoms with E-state index in [1.54, 1.807) is 24.3 Å². The lowest BCUT2D eigenvalue weighted by atomic mass is 9.45. The summed E-state index contributed by atoms with van der Waals surface area (Å²) < 4.78 is 0. The highest BCUT2D eigenvalue weighted by molar-refractivity contribution is 5.75. The quantitative estimate of drug-likeness (QED) is 0.0506. The van der Waals surface area contributed by atoms with Gasteiger partial charge in [-0.25, -0.2) is 0 Å². The van der Waals surface area contributed by atoms with Gasteiger partial charge in [-0.05, 0) is 229 Å². The van der Waals surface area contributed by atoms with E-state index < -0.39 is 10.8 Å². The lowest BCUT2D eigenvalue weighted by Crippen LogP contribution is -2.54. The van der Waals surface area contributed by atoms with Crippen molar-refractivity contribution in [2.75, 3.05) is 0 Å². The summed E-state index contributed by atoms with van der Waals surface area (Å²) in [5.74, 6) is 0.921. The van der Waals surface area contributed by atoms with Crippen LogP contribution >= 0.6 is 0 Å². The summed E-state index contributed by atoms with van der Waals surface area (Å²) in [7, 11) is 0. The minimum Gasteiger partial charge on any atom is -0.508 e. The number of benzene rings is 6. The second-order valence-electron chi connectivity index (χ2n) is 23.0. The summed E-state index contributed by atoms with van der Waals surface area (Å²) in [4.78, 5) is 0. The normalized spacial score (nSPS) is 18.0. The molecule has 4 fully saturated rings. The van der Waals surface area contributed by atoms with Gasteiger partial charge >= 0.3 is 0 Å². The second-order valence-corrected chi connectivity index (χ2v) is 23.0. The summed E-state index contributed by atoms with van der Waals surface area (Å²) in [5.41, 5.74) is 8.97. The van der Waals surface area contributed by atoms with E-state index in [1.807, 2.05) is 42.5 Å². The Balaban J connectivity index is 1.52. The van der Waals surface area contributed by atoms with E-state index in [-0.39, 0.29) is 63.9 Å². The van der Waals surface area contributed by atoms with Crippen LogP contribution in [0.2, 0.25) is 0 Å². The topological polar surface area (TPSA) is 142 Å². The number of rotatable bonds is 11. The maximum atomic E-state index is 12.4. The molecule has 7 N–H and O–H groups in total. The zero-order chi connectivity index (χ0) is 51.2. The lowest BCUT2D eigenvalue weighted by molar-refractivity contribution is 0.380. The smallest absolute Gasteiger partial charge is 0.157 e. The van der Waals surface area contributed by atoms with Crippen LogP contribution in [-0.4, -0.2) is 35.7 Å². The Labute approximate surface area is 433 Å². The molecule has 384 valence electrons. The summed E-state index contributed by atoms with van der Waals surface area (Å²) in [6, 6.07) is 29.6. The van der Waals surface area contributed by atoms with E-state index in [9.17, 15) is 35.7 Å². The van der Waals surface area contributed by atoms with Crippen molar-refractivity contribution in [3.63, 3.8) is 0 Å². The molecule has 0 aliphatic heterocycles. The van der Waals surface area contributed by atoms with Crippen LogP contribution in [-0.2, 0) is 10.8 Å². The van der Waals surface area contributed by atoms with E-state index in [1.165, 1.54) is 0 Å². The van der Waals surface area contributed by atoms with Crippen LogP contribution in [0.15, 0.2) is 91.0 Å². The summed E-state index contributed by atoms with van der Waals surface area (Å²) >= 11 is 0. The Morgan fingerprint density at radius 3 is 0.849 bits per heavy atom. The Kier molecular flexibility index (Phi) is 14.3. The monoisotopic (exact) mass is 983 g/mol. The molecule has 6 aromatic carbocycles. The third-order valence-corrected chi connectivity index (χ3v) is 18.6. The number of phenols is 7. The largest absolute Gasteiger partial charge is 0.508 e. The molecule has 4 aliphatic carbocycles. The zero-order valence-corrected chi connectivity index (χ0v) is 43.7. The van der Waals surface area contributed by atoms with Gasteiger partial charge in [0.05, 0.1) is 10.8 Å². The SMILES string of the molecule is Cc1cc(O)c(C2CCCCC2)cc1C(c1ccc(O)cc1)(c1cc(C2CCCCC2)c(O)cc1C)C(c1ccc(O)c(O)c1)(c1cc(C2CCCCC2)c(O)cc1C)c1cc(C2CCCCC2)c(O)cc1C. The van der Waals surface area contributed by atoms with Crippen LogP contribution in [0.3, 0.4) is 0 Å². The van der Waals surface area contributed by atoms with Crippen molar-refractivity contribution >= 4 is 0 Å². The fourth-order valence-corrected chi connectivity index (χ4v) is 15.0. The van der Waals surface area contributed by atoms with Gasteiger partial charge in [-0.3, -0.25) is 0 Å². The highest BCUT2D eigenvalue weighted by Gasteiger charge is 2.61. The van der Waals surface area contributed by atoms with Gasteiger partial charge in [0.2, 0.25) is 0 Å². The van der Waals surface area contributed by atoms with Crippen molar-refractivity contribution in [1.29, 1.82) is 0 Å². The van der Waals surface area contributed by atoms with Crippen molar-refractivity contribution in [2.24, 2.45) is 0 Å². The Bertz CT molecular complexity index is 2810. The summed E-state index contributed by atoms with van der Waals surface area (Å²) in [6.45, 7) is 8.31. The van der Waals surface area contributed by atoms with Crippen molar-refractivity contribution in [3.8, 4) is 40.2 Å². The lowest BCUT2D eigenvalue weighted by Gasteiger charge is -2.56. The van der Waals surface area contributed by atoms with Crippen molar-refractivity contribution in [3.05, 3.63) is 169 Å². The third-order valence-electron chi connectivity index (χ3n) is 18.6. The number of aromatic hydroxyl groups is 7. The van der Waals surface area contributed by atoms with E-state index >= 15 is 0 Å². The van der Waals surface area contributed by atoms with E-state index in [2.05, 4.69) is 52.0 Å². The fraction of sp³-hybridized carbons (Fsp3) is 0.455. The highest BCUT2D eigenvalue weighted by atomic mass is 16.3. The molecule has 10 rings (SSSR count). The Morgan fingerprint density at radius 2 is 0.562 bits per heavy atom. The molecule has 0 saturated heterocycles. The molecular weight excluding hydrogens is 905 g/mol. The molecule has 0 heterocycles. The first kappa shape index (κ1) is 50.5. The van der Waals surface area contributed by atoms with Gasteiger partial charge in [0, 0.05) is 0 Å². The first-order chi connectivity index (χ1) is 35.2. The molecule has 4 saturated carbocycles. The van der Waals surface area contributed by atoms with Gasteiger partial charge < -0.3 is 35.7 Å². The molecule has 7 nitrogen and oxygen atoms in total. The number of aryl methyl sites for hydroxylation is 4. The van der Waals surface area contributed by atoms with Crippen LogP contribution in [0.5, 0.6) is 40.2 Å². The third kappa shape index (κ3) is 8.90. The van der Waals surface area contributed by atoms with Crippen LogP contribution in [0.4, 0.5) is 0 Å². The molecular formula is C66H78O7. The molecule has 0 radical (unpaired) electrons. The second kappa shape index (κ2) is 20.7. The Hall–Kier alpha value is -6.08. The fourth-order valence-electron chi connectivity index (χ4n) is 15.0. The van der Waals surface area contributed by atoms with Gasteiger partial charge in [-0.15, -0.1) is 0 Å². The molecule has 0 atom stereocenters. The predicted octanol–water partition coefficient (Wildman–Crippen LogP) is 16.4. The zero-order valence-electron chi connectivity index (χ0n) is 43.7. The molecule has 4 aliphatic rings. The van der Waals surface area contributed by atoms with Gasteiger partial charge in [0.1, 0.15) is 28.7 Å². The molecule has 73 heavy (non-hydrogen) atoms. The van der Waals surface area contributed by atoms with Gasteiger partial charge in [-0.1, -0.05) is 120 Å². The van der Waals surface area contributed by atoms with E-state index in [0.29, 0.717) is 5.56 Å². The standard InChI is InChI=1S/C66H78O7/c1-40-31-60(69)51(44-17-9-5-10-18-44)36-55(40)65(48-25-28-50(67)29-26-48,56-37-52(61(70)32-41(56)2)45-19-11-6-12-20-45)66(49-27-30-59(68)64(73)35-49,57-38-53(62(71)33-42(57)3)46-21-13-7-14-22-46)58-39-54(63(72)34-43(58)4)47-23-15-8-16-24-47/h25-39,44-47,67-73H,5-24H2,1-4H3. The summed E-state index contributed by atoms with van der Waals surface area (Å²) in [5, 5.41) is 84.5. The Morgan fingerprint density at radius 1 is 0.288 bits per heavy atom. The molecule has 0 spiro atoms. The highest BCUT2D eigenvalue weighted by Crippen LogP contribution is 2.65. The molecule has 0 amide bonds. The first-order valence-corrected chi connectivity index (χ1v) is 27.9. The summed E-state index contributed by atoms with van der Waals surface area (Å²) in [6.07, 6.45) is 20.5.